The Morgan fingerprint density at radius 1 is 1.58 bits per heavy atom. The van der Waals surface area contributed by atoms with Crippen LogP contribution in [0.15, 0.2) is 12.1 Å². The van der Waals surface area contributed by atoms with Crippen molar-refractivity contribution in [3.63, 3.8) is 0 Å². The van der Waals surface area contributed by atoms with Crippen LogP contribution in [0.4, 0.5) is 0 Å². The zero-order valence-electron chi connectivity index (χ0n) is 11.3. The summed E-state index contributed by atoms with van der Waals surface area (Å²) in [4.78, 5) is 2.17. The highest BCUT2D eigenvalue weighted by atomic mass is 16.5. The molecule has 0 aliphatic carbocycles. The van der Waals surface area contributed by atoms with Crippen LogP contribution < -0.4 is 10.5 Å². The van der Waals surface area contributed by atoms with E-state index in [0.717, 1.165) is 18.5 Å². The molecule has 5 nitrogen and oxygen atoms in total. The monoisotopic (exact) mass is 261 g/mol. The van der Waals surface area contributed by atoms with Crippen LogP contribution in [0.25, 0.3) is 0 Å². The van der Waals surface area contributed by atoms with Gasteiger partial charge in [-0.3, -0.25) is 4.90 Å². The molecule has 0 saturated carbocycles. The van der Waals surface area contributed by atoms with Crippen LogP contribution in [0.5, 0.6) is 11.5 Å². The van der Waals surface area contributed by atoms with Gasteiger partial charge in [0.05, 0.1) is 12.7 Å². The topological polar surface area (TPSA) is 82.5 Å². The normalized spacial score (nSPS) is 23.3. The third-order valence-electron chi connectivity index (χ3n) is 3.80. The zero-order chi connectivity index (χ0) is 14.0. The third-order valence-corrected chi connectivity index (χ3v) is 3.80. The third kappa shape index (κ3) is 2.50. The number of phenols is 1. The van der Waals surface area contributed by atoms with Crippen molar-refractivity contribution in [3.8, 4) is 17.6 Å². The number of phenolic OH excluding ortho intramolecular Hbond substituents is 1. The summed E-state index contributed by atoms with van der Waals surface area (Å²) in [6.45, 7) is 1.55. The Bertz CT molecular complexity index is 510. The number of nitriles is 1. The van der Waals surface area contributed by atoms with Crippen molar-refractivity contribution in [1.29, 1.82) is 5.26 Å². The molecule has 2 rings (SSSR count). The molecule has 1 aliphatic rings. The molecule has 1 aromatic rings. The van der Waals surface area contributed by atoms with E-state index < -0.39 is 0 Å². The first-order valence-corrected chi connectivity index (χ1v) is 6.32. The first-order chi connectivity index (χ1) is 9.10. The van der Waals surface area contributed by atoms with Gasteiger partial charge in [0.15, 0.2) is 0 Å². The van der Waals surface area contributed by atoms with E-state index in [1.54, 1.807) is 6.07 Å². The molecule has 2 atom stereocenters. The molecule has 1 saturated heterocycles. The fraction of sp³-hybridized carbons (Fsp3) is 0.500. The molecule has 2 unspecified atom stereocenters. The number of likely N-dealkylation sites (tertiary alicyclic amines) is 1. The maximum absolute atomic E-state index is 10.1. The number of rotatable bonds is 3. The molecule has 102 valence electrons. The van der Waals surface area contributed by atoms with Gasteiger partial charge < -0.3 is 15.6 Å². The van der Waals surface area contributed by atoms with E-state index in [0.29, 0.717) is 23.8 Å². The molecular formula is C14H19N3O2. The Labute approximate surface area is 113 Å². The van der Waals surface area contributed by atoms with Gasteiger partial charge in [-0.05, 0) is 32.0 Å². The second-order valence-corrected chi connectivity index (χ2v) is 5.02. The summed E-state index contributed by atoms with van der Waals surface area (Å²) in [7, 11) is 3.50. The lowest BCUT2D eigenvalue weighted by molar-refractivity contribution is 0.305. The SMILES string of the molecule is COc1cc(O)c(C2CC(CN)CN2C)cc1C#N. The molecule has 1 heterocycles. The van der Waals surface area contributed by atoms with Crippen molar-refractivity contribution in [2.75, 3.05) is 27.2 Å². The average Bonchev–Trinajstić information content (AvgIpc) is 2.79. The Morgan fingerprint density at radius 2 is 2.32 bits per heavy atom. The van der Waals surface area contributed by atoms with E-state index in [2.05, 4.69) is 11.0 Å². The Kier molecular flexibility index (Phi) is 3.93. The Hall–Kier alpha value is -1.77. The fourth-order valence-electron chi connectivity index (χ4n) is 2.75. The number of nitrogens with zero attached hydrogens (tertiary/aromatic N) is 2. The van der Waals surface area contributed by atoms with Crippen molar-refractivity contribution < 1.29 is 9.84 Å². The summed E-state index contributed by atoms with van der Waals surface area (Å²) in [6.07, 6.45) is 0.901. The summed E-state index contributed by atoms with van der Waals surface area (Å²) in [6, 6.07) is 5.43. The minimum atomic E-state index is 0.103. The van der Waals surface area contributed by atoms with Gasteiger partial charge in [-0.15, -0.1) is 0 Å². The molecular weight excluding hydrogens is 242 g/mol. The summed E-state index contributed by atoms with van der Waals surface area (Å²) in [5, 5.41) is 19.3. The van der Waals surface area contributed by atoms with Gasteiger partial charge in [0.1, 0.15) is 17.6 Å². The lowest BCUT2D eigenvalue weighted by Crippen LogP contribution is -2.20. The minimum Gasteiger partial charge on any atom is -0.507 e. The number of hydrogen-bond donors (Lipinski definition) is 2. The van der Waals surface area contributed by atoms with Crippen molar-refractivity contribution in [1.82, 2.24) is 4.90 Å². The fourth-order valence-corrected chi connectivity index (χ4v) is 2.75. The van der Waals surface area contributed by atoms with E-state index in [4.69, 9.17) is 15.7 Å². The van der Waals surface area contributed by atoms with Gasteiger partial charge in [-0.1, -0.05) is 0 Å². The maximum Gasteiger partial charge on any atom is 0.140 e. The van der Waals surface area contributed by atoms with E-state index in [1.165, 1.54) is 13.2 Å². The zero-order valence-corrected chi connectivity index (χ0v) is 11.3. The molecule has 0 spiro atoms. The average molecular weight is 261 g/mol. The van der Waals surface area contributed by atoms with Crippen LogP contribution >= 0.6 is 0 Å². The van der Waals surface area contributed by atoms with Gasteiger partial charge in [0.25, 0.3) is 0 Å². The Balaban J connectivity index is 2.38. The number of hydrogen-bond acceptors (Lipinski definition) is 5. The summed E-state index contributed by atoms with van der Waals surface area (Å²) in [5.41, 5.74) is 6.93. The van der Waals surface area contributed by atoms with E-state index >= 15 is 0 Å². The molecule has 0 aromatic heterocycles. The molecule has 3 N–H and O–H groups in total. The largest absolute Gasteiger partial charge is 0.507 e. The van der Waals surface area contributed by atoms with Gasteiger partial charge in [0, 0.05) is 24.2 Å². The van der Waals surface area contributed by atoms with Crippen LogP contribution in [0.1, 0.15) is 23.6 Å². The smallest absolute Gasteiger partial charge is 0.140 e. The van der Waals surface area contributed by atoms with E-state index in [9.17, 15) is 5.11 Å². The van der Waals surface area contributed by atoms with Gasteiger partial charge >= 0.3 is 0 Å². The highest BCUT2D eigenvalue weighted by Gasteiger charge is 2.31. The van der Waals surface area contributed by atoms with Crippen LogP contribution in [-0.2, 0) is 0 Å². The van der Waals surface area contributed by atoms with Crippen LogP contribution in [0, 0.1) is 17.2 Å². The second-order valence-electron chi connectivity index (χ2n) is 5.02. The highest BCUT2D eigenvalue weighted by Crippen LogP contribution is 2.40. The molecule has 5 heteroatoms. The van der Waals surface area contributed by atoms with Crippen molar-refractivity contribution >= 4 is 0 Å². The predicted octanol–water partition coefficient (Wildman–Crippen LogP) is 1.22. The predicted molar refractivity (Wildman–Crippen MR) is 71.9 cm³/mol. The molecule has 1 fully saturated rings. The number of nitrogens with two attached hydrogens (primary N) is 1. The molecule has 0 amide bonds. The first-order valence-electron chi connectivity index (χ1n) is 6.32. The summed E-state index contributed by atoms with van der Waals surface area (Å²) in [5.74, 6) is 1.01. The summed E-state index contributed by atoms with van der Waals surface area (Å²) < 4.78 is 5.09. The summed E-state index contributed by atoms with van der Waals surface area (Å²) >= 11 is 0. The molecule has 1 aromatic carbocycles. The highest BCUT2D eigenvalue weighted by molar-refractivity contribution is 5.52. The number of ether oxygens (including phenoxy) is 1. The van der Waals surface area contributed by atoms with E-state index in [1.807, 2.05) is 7.05 Å². The first kappa shape index (κ1) is 13.7. The van der Waals surface area contributed by atoms with Crippen LogP contribution in [0.2, 0.25) is 0 Å². The minimum absolute atomic E-state index is 0.103. The van der Waals surface area contributed by atoms with E-state index in [-0.39, 0.29) is 11.8 Å². The van der Waals surface area contributed by atoms with Crippen molar-refractivity contribution in [3.05, 3.63) is 23.3 Å². The molecule has 1 aliphatic heterocycles. The van der Waals surface area contributed by atoms with Crippen molar-refractivity contribution in [2.45, 2.75) is 12.5 Å². The number of aromatic hydroxyl groups is 1. The lowest BCUT2D eigenvalue weighted by Gasteiger charge is -2.21. The van der Waals surface area contributed by atoms with Crippen molar-refractivity contribution in [2.24, 2.45) is 11.7 Å². The number of benzene rings is 1. The van der Waals surface area contributed by atoms with Crippen LogP contribution in [0.3, 0.4) is 0 Å². The van der Waals surface area contributed by atoms with Gasteiger partial charge in [-0.25, -0.2) is 0 Å². The Morgan fingerprint density at radius 3 is 2.84 bits per heavy atom. The number of methoxy groups -OCH3 is 1. The second kappa shape index (κ2) is 5.47. The lowest BCUT2D eigenvalue weighted by atomic mass is 9.97. The van der Waals surface area contributed by atoms with Crippen LogP contribution in [-0.4, -0.2) is 37.3 Å². The molecule has 0 radical (unpaired) electrons. The van der Waals surface area contributed by atoms with Gasteiger partial charge in [0.2, 0.25) is 0 Å². The maximum atomic E-state index is 10.1. The standard InChI is InChI=1S/C14H19N3O2/c1-17-8-9(6-15)3-12(17)11-4-10(7-16)14(19-2)5-13(11)18/h4-5,9,12,18H,3,6,8,15H2,1-2H3. The molecule has 0 bridgehead atoms. The molecule has 19 heavy (non-hydrogen) atoms. The quantitative estimate of drug-likeness (QED) is 0.855. The van der Waals surface area contributed by atoms with Gasteiger partial charge in [-0.2, -0.15) is 5.26 Å².